The van der Waals surface area contributed by atoms with Gasteiger partial charge in [-0.25, -0.2) is 8.42 Å². The summed E-state index contributed by atoms with van der Waals surface area (Å²) in [6.07, 6.45) is 0.298. The van der Waals surface area contributed by atoms with Crippen LogP contribution in [0.15, 0.2) is 71.6 Å². The van der Waals surface area contributed by atoms with Gasteiger partial charge in [-0.2, -0.15) is 0 Å². The summed E-state index contributed by atoms with van der Waals surface area (Å²) in [5.41, 5.74) is 2.68. The lowest BCUT2D eigenvalue weighted by atomic mass is 10.1. The molecule has 2 amide bonds. The maximum atomic E-state index is 14.2. The van der Waals surface area contributed by atoms with E-state index < -0.39 is 28.5 Å². The molecular formula is C31H37Cl2N3O4S. The fourth-order valence-corrected chi connectivity index (χ4v) is 6.27. The van der Waals surface area contributed by atoms with Crippen molar-refractivity contribution in [1.29, 1.82) is 0 Å². The minimum absolute atomic E-state index is 0.0495. The highest BCUT2D eigenvalue weighted by atomic mass is 35.5. The molecule has 3 aromatic carbocycles. The Balaban J connectivity index is 2.10. The van der Waals surface area contributed by atoms with Crippen molar-refractivity contribution in [3.05, 3.63) is 93.5 Å². The molecule has 3 aromatic rings. The van der Waals surface area contributed by atoms with Crippen LogP contribution in [-0.2, 0) is 26.2 Å². The summed E-state index contributed by atoms with van der Waals surface area (Å²) in [6.45, 7) is 9.39. The van der Waals surface area contributed by atoms with Crippen LogP contribution in [0.25, 0.3) is 0 Å². The van der Waals surface area contributed by atoms with E-state index in [1.807, 2.05) is 33.8 Å². The zero-order valence-electron chi connectivity index (χ0n) is 24.0. The van der Waals surface area contributed by atoms with Crippen LogP contribution in [0, 0.1) is 19.8 Å². The van der Waals surface area contributed by atoms with Gasteiger partial charge < -0.3 is 10.2 Å². The molecule has 0 heterocycles. The predicted molar refractivity (Wildman–Crippen MR) is 166 cm³/mol. The normalized spacial score (nSPS) is 12.2. The van der Waals surface area contributed by atoms with E-state index in [2.05, 4.69) is 5.32 Å². The first kappa shape index (κ1) is 32.4. The first-order chi connectivity index (χ1) is 19.4. The van der Waals surface area contributed by atoms with Gasteiger partial charge >= 0.3 is 0 Å². The second-order valence-electron chi connectivity index (χ2n) is 10.4. The van der Waals surface area contributed by atoms with Gasteiger partial charge in [-0.3, -0.25) is 13.9 Å². The zero-order chi connectivity index (χ0) is 30.3. The molecule has 0 fully saturated rings. The van der Waals surface area contributed by atoms with Crippen LogP contribution < -0.4 is 9.62 Å². The first-order valence-electron chi connectivity index (χ1n) is 13.5. The number of anilines is 1. The molecule has 220 valence electrons. The van der Waals surface area contributed by atoms with Crippen molar-refractivity contribution in [2.24, 2.45) is 5.92 Å². The molecule has 10 heteroatoms. The minimum atomic E-state index is -4.14. The average Bonchev–Trinajstić information content (AvgIpc) is 2.93. The van der Waals surface area contributed by atoms with Crippen molar-refractivity contribution in [2.45, 2.75) is 58.5 Å². The lowest BCUT2D eigenvalue weighted by Crippen LogP contribution is -2.52. The second kappa shape index (κ2) is 14.2. The van der Waals surface area contributed by atoms with Gasteiger partial charge in [0.05, 0.1) is 10.6 Å². The Morgan fingerprint density at radius 3 is 2.10 bits per heavy atom. The quantitative estimate of drug-likeness (QED) is 0.255. The number of carbonyl (C=O) groups is 2. The molecule has 0 radical (unpaired) electrons. The maximum absolute atomic E-state index is 14.2. The van der Waals surface area contributed by atoms with Gasteiger partial charge in [0.25, 0.3) is 10.0 Å². The fourth-order valence-electron chi connectivity index (χ4n) is 4.32. The summed E-state index contributed by atoms with van der Waals surface area (Å²) in [5.74, 6) is -0.693. The van der Waals surface area contributed by atoms with Gasteiger partial charge in [-0.05, 0) is 73.7 Å². The lowest BCUT2D eigenvalue weighted by molar-refractivity contribution is -0.140. The Morgan fingerprint density at radius 1 is 0.902 bits per heavy atom. The third-order valence-corrected chi connectivity index (χ3v) is 9.35. The van der Waals surface area contributed by atoms with E-state index in [0.29, 0.717) is 34.3 Å². The predicted octanol–water partition coefficient (Wildman–Crippen LogP) is 6.39. The molecule has 0 aliphatic heterocycles. The molecule has 1 unspecified atom stereocenters. The third-order valence-electron chi connectivity index (χ3n) is 6.85. The topological polar surface area (TPSA) is 86.8 Å². The average molecular weight is 619 g/mol. The van der Waals surface area contributed by atoms with E-state index in [9.17, 15) is 18.0 Å². The molecule has 0 aliphatic rings. The number of hydrogen-bond acceptors (Lipinski definition) is 4. The molecular weight excluding hydrogens is 581 g/mol. The SMILES string of the molecule is CCC(C(=O)NCC(C)C)N(Cc1c(Cl)cccc1Cl)C(=O)CN(c1ccc(C)c(C)c1)S(=O)(=O)c1ccccc1. The van der Waals surface area contributed by atoms with Crippen molar-refractivity contribution in [1.82, 2.24) is 10.2 Å². The Morgan fingerprint density at radius 2 is 1.54 bits per heavy atom. The fraction of sp³-hybridized carbons (Fsp3) is 0.355. The lowest BCUT2D eigenvalue weighted by Gasteiger charge is -2.33. The zero-order valence-corrected chi connectivity index (χ0v) is 26.4. The summed E-state index contributed by atoms with van der Waals surface area (Å²) in [4.78, 5) is 28.9. The molecule has 0 saturated carbocycles. The van der Waals surface area contributed by atoms with E-state index >= 15 is 0 Å². The maximum Gasteiger partial charge on any atom is 0.264 e. The van der Waals surface area contributed by atoms with E-state index in [1.54, 1.807) is 55.5 Å². The van der Waals surface area contributed by atoms with Crippen LogP contribution >= 0.6 is 23.2 Å². The molecule has 1 N–H and O–H groups in total. The highest BCUT2D eigenvalue weighted by molar-refractivity contribution is 7.92. The Kier molecular flexibility index (Phi) is 11.2. The van der Waals surface area contributed by atoms with Crippen LogP contribution in [0.3, 0.4) is 0 Å². The minimum Gasteiger partial charge on any atom is -0.354 e. The van der Waals surface area contributed by atoms with Crippen LogP contribution in [0.4, 0.5) is 5.69 Å². The molecule has 41 heavy (non-hydrogen) atoms. The molecule has 0 bridgehead atoms. The number of nitrogens with zero attached hydrogens (tertiary/aromatic N) is 2. The van der Waals surface area contributed by atoms with E-state index in [-0.39, 0.29) is 23.3 Å². The summed E-state index contributed by atoms with van der Waals surface area (Å²) in [6, 6.07) is 17.3. The van der Waals surface area contributed by atoms with Gasteiger partial charge in [0.2, 0.25) is 11.8 Å². The number of hydrogen-bond donors (Lipinski definition) is 1. The van der Waals surface area contributed by atoms with Crippen molar-refractivity contribution < 1.29 is 18.0 Å². The number of amides is 2. The largest absolute Gasteiger partial charge is 0.354 e. The Labute approximate surface area is 253 Å². The Hall–Kier alpha value is -3.07. The monoisotopic (exact) mass is 617 g/mol. The van der Waals surface area contributed by atoms with E-state index in [1.165, 1.54) is 17.0 Å². The first-order valence-corrected chi connectivity index (χ1v) is 15.7. The van der Waals surface area contributed by atoms with E-state index in [0.717, 1.165) is 15.4 Å². The van der Waals surface area contributed by atoms with Gasteiger partial charge in [0, 0.05) is 28.7 Å². The van der Waals surface area contributed by atoms with Crippen molar-refractivity contribution in [2.75, 3.05) is 17.4 Å². The molecule has 0 aromatic heterocycles. The number of benzene rings is 3. The number of carbonyl (C=O) groups excluding carboxylic acids is 2. The highest BCUT2D eigenvalue weighted by Gasteiger charge is 2.34. The number of halogens is 2. The molecule has 0 saturated heterocycles. The number of aryl methyl sites for hydroxylation is 2. The van der Waals surface area contributed by atoms with Crippen LogP contribution in [-0.4, -0.2) is 44.3 Å². The number of sulfonamides is 1. The molecule has 0 spiro atoms. The van der Waals surface area contributed by atoms with Gasteiger partial charge in [0.15, 0.2) is 0 Å². The summed E-state index contributed by atoms with van der Waals surface area (Å²) >= 11 is 12.9. The van der Waals surface area contributed by atoms with Crippen LogP contribution in [0.1, 0.15) is 43.9 Å². The summed E-state index contributed by atoms with van der Waals surface area (Å²) < 4.78 is 29.0. The summed E-state index contributed by atoms with van der Waals surface area (Å²) in [7, 11) is -4.14. The van der Waals surface area contributed by atoms with Crippen molar-refractivity contribution in [3.8, 4) is 0 Å². The number of nitrogens with one attached hydrogen (secondary N) is 1. The molecule has 0 aliphatic carbocycles. The van der Waals surface area contributed by atoms with Gasteiger partial charge in [0.1, 0.15) is 12.6 Å². The standard InChI is InChI=1S/C31H37Cl2N3O4S/c1-6-29(31(38)34-18-21(2)3)35(19-26-27(32)13-10-14-28(26)33)30(37)20-36(24-16-15-22(4)23(5)17-24)41(39,40)25-11-8-7-9-12-25/h7-17,21,29H,6,18-20H2,1-5H3,(H,34,38). The Bertz CT molecular complexity index is 1460. The summed E-state index contributed by atoms with van der Waals surface area (Å²) in [5, 5.41) is 3.59. The van der Waals surface area contributed by atoms with Crippen molar-refractivity contribution in [3.63, 3.8) is 0 Å². The van der Waals surface area contributed by atoms with E-state index in [4.69, 9.17) is 23.2 Å². The van der Waals surface area contributed by atoms with Crippen LogP contribution in [0.5, 0.6) is 0 Å². The number of rotatable bonds is 12. The highest BCUT2D eigenvalue weighted by Crippen LogP contribution is 2.29. The van der Waals surface area contributed by atoms with Crippen LogP contribution in [0.2, 0.25) is 10.0 Å². The van der Waals surface area contributed by atoms with Gasteiger partial charge in [-0.1, -0.05) is 74.3 Å². The molecule has 1 atom stereocenters. The smallest absolute Gasteiger partial charge is 0.264 e. The van der Waals surface area contributed by atoms with Gasteiger partial charge in [-0.15, -0.1) is 0 Å². The molecule has 7 nitrogen and oxygen atoms in total. The second-order valence-corrected chi connectivity index (χ2v) is 13.1. The third kappa shape index (κ3) is 8.03. The molecule has 3 rings (SSSR count). The van der Waals surface area contributed by atoms with Crippen molar-refractivity contribution >= 4 is 50.7 Å².